The lowest BCUT2D eigenvalue weighted by Gasteiger charge is -2.11. The molecule has 0 radical (unpaired) electrons. The summed E-state index contributed by atoms with van der Waals surface area (Å²) in [7, 11) is 1.74. The largest absolute Gasteiger partial charge is 0.508 e. The van der Waals surface area contributed by atoms with Gasteiger partial charge >= 0.3 is 0 Å². The molecule has 0 heterocycles. The Bertz CT molecular complexity index is 291. The van der Waals surface area contributed by atoms with E-state index >= 15 is 0 Å². The van der Waals surface area contributed by atoms with E-state index in [9.17, 15) is 5.11 Å². The molecular weight excluding hydrogens is 190 g/mol. The van der Waals surface area contributed by atoms with Crippen LogP contribution in [0.1, 0.15) is 11.7 Å². The van der Waals surface area contributed by atoms with Gasteiger partial charge in [0, 0.05) is 17.1 Å². The highest BCUT2D eigenvalue weighted by molar-refractivity contribution is 6.31. The van der Waals surface area contributed by atoms with Gasteiger partial charge in [-0.3, -0.25) is 0 Å². The van der Waals surface area contributed by atoms with Gasteiger partial charge in [0.25, 0.3) is 0 Å². The number of halogens is 1. The summed E-state index contributed by atoms with van der Waals surface area (Å²) in [6, 6.07) is 4.51. The normalized spacial score (nSPS) is 12.8. The van der Waals surface area contributed by atoms with E-state index in [2.05, 4.69) is 5.32 Å². The molecule has 3 nitrogen and oxygen atoms in total. The maximum atomic E-state index is 9.57. The van der Waals surface area contributed by atoms with E-state index in [0.29, 0.717) is 17.1 Å². The number of benzene rings is 1. The minimum absolute atomic E-state index is 0.106. The van der Waals surface area contributed by atoms with Gasteiger partial charge in [0.15, 0.2) is 0 Å². The molecule has 0 unspecified atom stereocenters. The van der Waals surface area contributed by atoms with Gasteiger partial charge in [-0.2, -0.15) is 0 Å². The summed E-state index contributed by atoms with van der Waals surface area (Å²) in [5.74, 6) is 0.106. The molecule has 0 spiro atoms. The molecule has 72 valence electrons. The summed E-state index contributed by atoms with van der Waals surface area (Å²) in [5.41, 5.74) is 0.538. The van der Waals surface area contributed by atoms with Crippen LogP contribution in [-0.4, -0.2) is 23.8 Å². The predicted molar refractivity (Wildman–Crippen MR) is 52.0 cm³/mol. The summed E-state index contributed by atoms with van der Waals surface area (Å²) in [4.78, 5) is 0. The average Bonchev–Trinajstić information content (AvgIpc) is 2.09. The van der Waals surface area contributed by atoms with Gasteiger partial charge in [-0.15, -0.1) is 0 Å². The predicted octanol–water partition coefficient (Wildman–Crippen LogP) is 1.30. The van der Waals surface area contributed by atoms with Gasteiger partial charge in [-0.25, -0.2) is 0 Å². The van der Waals surface area contributed by atoms with E-state index in [1.54, 1.807) is 13.1 Å². The highest BCUT2D eigenvalue weighted by Gasteiger charge is 2.10. The van der Waals surface area contributed by atoms with Crippen LogP contribution in [0.3, 0.4) is 0 Å². The summed E-state index contributed by atoms with van der Waals surface area (Å²) in [6.45, 7) is 0.406. The molecule has 13 heavy (non-hydrogen) atoms. The molecule has 0 saturated heterocycles. The molecule has 0 aliphatic heterocycles. The van der Waals surface area contributed by atoms with Gasteiger partial charge in [-0.1, -0.05) is 11.6 Å². The molecular formula is C9H12ClNO2. The van der Waals surface area contributed by atoms with Crippen LogP contribution in [0.5, 0.6) is 5.75 Å². The third kappa shape index (κ3) is 2.59. The van der Waals surface area contributed by atoms with Crippen molar-refractivity contribution >= 4 is 11.6 Å². The third-order valence-corrected chi connectivity index (χ3v) is 2.08. The number of hydrogen-bond acceptors (Lipinski definition) is 3. The summed E-state index contributed by atoms with van der Waals surface area (Å²) >= 11 is 5.83. The molecule has 0 aromatic heterocycles. The first-order valence-corrected chi connectivity index (χ1v) is 4.34. The van der Waals surface area contributed by atoms with Crippen LogP contribution in [0.25, 0.3) is 0 Å². The Hall–Kier alpha value is -0.770. The highest BCUT2D eigenvalue weighted by Crippen LogP contribution is 2.26. The first-order chi connectivity index (χ1) is 6.15. The SMILES string of the molecule is CNC[C@H](O)c1cc(O)ccc1Cl. The van der Waals surface area contributed by atoms with E-state index in [0.717, 1.165) is 0 Å². The fourth-order valence-corrected chi connectivity index (χ4v) is 1.33. The topological polar surface area (TPSA) is 52.5 Å². The van der Waals surface area contributed by atoms with Crippen LogP contribution in [0, 0.1) is 0 Å². The molecule has 0 fully saturated rings. The van der Waals surface area contributed by atoms with E-state index in [4.69, 9.17) is 16.7 Å². The monoisotopic (exact) mass is 201 g/mol. The highest BCUT2D eigenvalue weighted by atomic mass is 35.5. The first kappa shape index (κ1) is 10.3. The molecule has 0 bridgehead atoms. The molecule has 0 saturated carbocycles. The van der Waals surface area contributed by atoms with Crippen molar-refractivity contribution in [1.82, 2.24) is 5.32 Å². The van der Waals surface area contributed by atoms with E-state index in [-0.39, 0.29) is 5.75 Å². The summed E-state index contributed by atoms with van der Waals surface area (Å²) in [6.07, 6.45) is -0.690. The van der Waals surface area contributed by atoms with Crippen molar-refractivity contribution in [1.29, 1.82) is 0 Å². The minimum Gasteiger partial charge on any atom is -0.508 e. The zero-order valence-electron chi connectivity index (χ0n) is 7.29. The number of likely N-dealkylation sites (N-methyl/N-ethyl adjacent to an activating group) is 1. The maximum absolute atomic E-state index is 9.57. The van der Waals surface area contributed by atoms with Crippen molar-refractivity contribution in [3.8, 4) is 5.75 Å². The second kappa shape index (κ2) is 4.46. The van der Waals surface area contributed by atoms with Crippen LogP contribution in [0.4, 0.5) is 0 Å². The minimum atomic E-state index is -0.690. The smallest absolute Gasteiger partial charge is 0.116 e. The van der Waals surface area contributed by atoms with Gasteiger partial charge < -0.3 is 15.5 Å². The number of hydrogen-bond donors (Lipinski definition) is 3. The fraction of sp³-hybridized carbons (Fsp3) is 0.333. The number of rotatable bonds is 3. The molecule has 0 aliphatic rings. The van der Waals surface area contributed by atoms with E-state index in [1.165, 1.54) is 12.1 Å². The van der Waals surface area contributed by atoms with E-state index in [1.807, 2.05) is 0 Å². The van der Waals surface area contributed by atoms with Crippen molar-refractivity contribution in [2.75, 3.05) is 13.6 Å². The lowest BCUT2D eigenvalue weighted by atomic mass is 10.1. The second-order valence-corrected chi connectivity index (χ2v) is 3.19. The average molecular weight is 202 g/mol. The van der Waals surface area contributed by atoms with Gasteiger partial charge in [-0.05, 0) is 25.2 Å². The zero-order chi connectivity index (χ0) is 9.84. The lowest BCUT2D eigenvalue weighted by molar-refractivity contribution is 0.177. The van der Waals surface area contributed by atoms with Crippen molar-refractivity contribution in [2.24, 2.45) is 0 Å². The standard InChI is InChI=1S/C9H12ClNO2/c1-11-5-9(13)7-4-6(12)2-3-8(7)10/h2-4,9,11-13H,5H2,1H3/t9-/m0/s1. The molecule has 1 rings (SSSR count). The molecule has 1 aromatic rings. The molecule has 0 amide bonds. The van der Waals surface area contributed by atoms with Crippen molar-refractivity contribution < 1.29 is 10.2 Å². The van der Waals surface area contributed by atoms with Crippen molar-refractivity contribution in [3.63, 3.8) is 0 Å². The summed E-state index contributed by atoms with van der Waals surface area (Å²) in [5, 5.41) is 22.0. The van der Waals surface area contributed by atoms with Crippen LogP contribution in [0.15, 0.2) is 18.2 Å². The molecule has 3 N–H and O–H groups in total. The lowest BCUT2D eigenvalue weighted by Crippen LogP contribution is -2.16. The van der Waals surface area contributed by atoms with Crippen LogP contribution in [0.2, 0.25) is 5.02 Å². The fourth-order valence-electron chi connectivity index (χ4n) is 1.09. The Morgan fingerprint density at radius 2 is 2.23 bits per heavy atom. The number of aliphatic hydroxyl groups excluding tert-OH is 1. The molecule has 1 aromatic carbocycles. The molecule has 4 heteroatoms. The van der Waals surface area contributed by atoms with Crippen LogP contribution in [-0.2, 0) is 0 Å². The Labute approximate surface area is 82.0 Å². The van der Waals surface area contributed by atoms with Crippen molar-refractivity contribution in [2.45, 2.75) is 6.10 Å². The zero-order valence-corrected chi connectivity index (χ0v) is 8.04. The molecule has 0 aliphatic carbocycles. The maximum Gasteiger partial charge on any atom is 0.116 e. The number of aromatic hydroxyl groups is 1. The third-order valence-electron chi connectivity index (χ3n) is 1.74. The Morgan fingerprint density at radius 1 is 1.54 bits per heavy atom. The van der Waals surface area contributed by atoms with Gasteiger partial charge in [0.05, 0.1) is 6.10 Å². The summed E-state index contributed by atoms with van der Waals surface area (Å²) < 4.78 is 0. The Balaban J connectivity index is 2.91. The van der Waals surface area contributed by atoms with Crippen molar-refractivity contribution in [3.05, 3.63) is 28.8 Å². The van der Waals surface area contributed by atoms with Crippen LogP contribution >= 0.6 is 11.6 Å². The van der Waals surface area contributed by atoms with Gasteiger partial charge in [0.1, 0.15) is 5.75 Å². The second-order valence-electron chi connectivity index (χ2n) is 2.78. The van der Waals surface area contributed by atoms with E-state index < -0.39 is 6.10 Å². The number of aliphatic hydroxyl groups is 1. The number of phenolic OH excluding ortho intramolecular Hbond substituents is 1. The number of phenols is 1. The number of nitrogens with one attached hydrogen (secondary N) is 1. The first-order valence-electron chi connectivity index (χ1n) is 3.96. The Kier molecular flexibility index (Phi) is 3.54. The van der Waals surface area contributed by atoms with Gasteiger partial charge in [0.2, 0.25) is 0 Å². The molecule has 1 atom stereocenters. The van der Waals surface area contributed by atoms with Crippen LogP contribution < -0.4 is 5.32 Å². The quantitative estimate of drug-likeness (QED) is 0.691. The Morgan fingerprint density at radius 3 is 2.85 bits per heavy atom.